The van der Waals surface area contributed by atoms with Crippen LogP contribution in [0.5, 0.6) is 0 Å². The van der Waals surface area contributed by atoms with Crippen LogP contribution < -0.4 is 0 Å². The summed E-state index contributed by atoms with van der Waals surface area (Å²) in [4.78, 5) is 25.6. The van der Waals surface area contributed by atoms with Crippen molar-refractivity contribution in [2.24, 2.45) is 0 Å². The average molecular weight is 640 g/mol. The molecular formula is C45H29N5. The molecule has 0 radical (unpaired) electrons. The first-order valence-corrected chi connectivity index (χ1v) is 16.6. The molecule has 5 heteroatoms. The zero-order chi connectivity index (χ0) is 33.3. The van der Waals surface area contributed by atoms with E-state index in [0.29, 0.717) is 11.6 Å². The number of nitrogens with zero attached hydrogens (tertiary/aromatic N) is 5. The third kappa shape index (κ3) is 5.37. The fraction of sp³-hybridized carbons (Fsp3) is 0. The molecule has 3 aromatic heterocycles. The summed E-state index contributed by atoms with van der Waals surface area (Å²) in [5.41, 5.74) is 10.1. The van der Waals surface area contributed by atoms with Crippen molar-refractivity contribution in [3.8, 4) is 67.8 Å². The zero-order valence-corrected chi connectivity index (χ0v) is 27.0. The summed E-state index contributed by atoms with van der Waals surface area (Å²) in [5, 5.41) is 3.08. The second-order valence-corrected chi connectivity index (χ2v) is 12.1. The van der Waals surface area contributed by atoms with Gasteiger partial charge >= 0.3 is 0 Å². The molecule has 0 spiro atoms. The summed E-state index contributed by atoms with van der Waals surface area (Å²) in [5.74, 6) is 1.33. The van der Waals surface area contributed by atoms with Crippen molar-refractivity contribution >= 4 is 21.7 Å². The molecule has 3 heterocycles. The molecule has 0 bridgehead atoms. The molecular weight excluding hydrogens is 611 g/mol. The van der Waals surface area contributed by atoms with Gasteiger partial charge in [-0.1, -0.05) is 152 Å². The van der Waals surface area contributed by atoms with Crippen LogP contribution in [0.15, 0.2) is 176 Å². The van der Waals surface area contributed by atoms with Gasteiger partial charge in [-0.05, 0) is 29.0 Å². The van der Waals surface area contributed by atoms with Gasteiger partial charge in [0.15, 0.2) is 11.6 Å². The Kier molecular flexibility index (Phi) is 7.41. The lowest BCUT2D eigenvalue weighted by atomic mass is 9.90. The van der Waals surface area contributed by atoms with Crippen LogP contribution in [0.2, 0.25) is 0 Å². The Hall–Kier alpha value is -6.85. The minimum absolute atomic E-state index is 0.662. The molecule has 0 unspecified atom stereocenters. The molecule has 9 aromatic rings. The molecule has 6 aromatic carbocycles. The zero-order valence-electron chi connectivity index (χ0n) is 27.0. The molecule has 0 aliphatic rings. The van der Waals surface area contributed by atoms with E-state index in [9.17, 15) is 0 Å². The summed E-state index contributed by atoms with van der Waals surface area (Å²) >= 11 is 0. The van der Waals surface area contributed by atoms with Crippen molar-refractivity contribution in [2.75, 3.05) is 0 Å². The summed E-state index contributed by atoms with van der Waals surface area (Å²) in [7, 11) is 0. The minimum atomic E-state index is 0.662. The highest BCUT2D eigenvalue weighted by molar-refractivity contribution is 6.19. The van der Waals surface area contributed by atoms with Gasteiger partial charge in [0, 0.05) is 45.0 Å². The Labute approximate surface area is 289 Å². The van der Waals surface area contributed by atoms with E-state index in [-0.39, 0.29) is 0 Å². The number of rotatable bonds is 6. The third-order valence-electron chi connectivity index (χ3n) is 8.95. The van der Waals surface area contributed by atoms with E-state index in [1.54, 1.807) is 0 Å². The highest BCUT2D eigenvalue weighted by atomic mass is 14.9. The molecule has 0 atom stereocenters. The monoisotopic (exact) mass is 639 g/mol. The Morgan fingerprint density at radius 3 is 1.18 bits per heavy atom. The van der Waals surface area contributed by atoms with Crippen LogP contribution in [0.4, 0.5) is 0 Å². The van der Waals surface area contributed by atoms with Gasteiger partial charge in [-0.25, -0.2) is 19.9 Å². The Morgan fingerprint density at radius 2 is 0.680 bits per heavy atom. The number of pyridine rings is 1. The van der Waals surface area contributed by atoms with Crippen LogP contribution in [-0.4, -0.2) is 24.9 Å². The maximum Gasteiger partial charge on any atom is 0.160 e. The fourth-order valence-corrected chi connectivity index (χ4v) is 6.63. The van der Waals surface area contributed by atoms with Gasteiger partial charge in [0.25, 0.3) is 0 Å². The van der Waals surface area contributed by atoms with Crippen molar-refractivity contribution in [3.63, 3.8) is 0 Å². The number of hydrogen-bond donors (Lipinski definition) is 0. The molecule has 0 saturated carbocycles. The molecule has 0 fully saturated rings. The Morgan fingerprint density at radius 1 is 0.300 bits per heavy atom. The van der Waals surface area contributed by atoms with Gasteiger partial charge in [0.2, 0.25) is 0 Å². The van der Waals surface area contributed by atoms with Crippen molar-refractivity contribution in [2.45, 2.75) is 0 Å². The normalized spacial score (nSPS) is 11.2. The van der Waals surface area contributed by atoms with Gasteiger partial charge in [-0.15, -0.1) is 0 Å². The van der Waals surface area contributed by atoms with Gasteiger partial charge in [0.05, 0.1) is 28.3 Å². The van der Waals surface area contributed by atoms with E-state index in [1.807, 2.05) is 85.1 Å². The highest BCUT2D eigenvalue weighted by Gasteiger charge is 2.22. The van der Waals surface area contributed by atoms with Crippen LogP contribution in [0, 0.1) is 0 Å². The molecule has 9 rings (SSSR count). The molecule has 50 heavy (non-hydrogen) atoms. The summed E-state index contributed by atoms with van der Waals surface area (Å²) < 4.78 is 0. The van der Waals surface area contributed by atoms with Crippen LogP contribution in [0.3, 0.4) is 0 Å². The maximum absolute atomic E-state index is 5.25. The number of aromatic nitrogens is 5. The summed E-state index contributed by atoms with van der Waals surface area (Å²) in [6, 6.07) is 57.7. The summed E-state index contributed by atoms with van der Waals surface area (Å²) in [6.45, 7) is 0. The molecule has 234 valence electrons. The SMILES string of the molecule is c1ccc(-c2cc(-c3c4ccccc4c(-c4cc(-c5ccccc5)nc(-c5ccccc5)n4)c4ncccc34)nc(-c3ccccc3)n2)cc1. The fourth-order valence-electron chi connectivity index (χ4n) is 6.63. The second-order valence-electron chi connectivity index (χ2n) is 12.1. The predicted molar refractivity (Wildman–Crippen MR) is 203 cm³/mol. The Balaban J connectivity index is 1.35. The van der Waals surface area contributed by atoms with E-state index >= 15 is 0 Å². The van der Waals surface area contributed by atoms with Gasteiger partial charge in [-0.2, -0.15) is 0 Å². The third-order valence-corrected chi connectivity index (χ3v) is 8.95. The van der Waals surface area contributed by atoms with E-state index < -0.39 is 0 Å². The standard InChI is InChI=1S/C45H29N5/c1-5-16-30(17-6-1)37-28-39(49-44(47-37)32-20-9-3-10-21-32)41-34-24-13-14-25-35(34)42(43-36(41)26-15-27-46-43)40-29-38(31-18-7-2-8-19-31)48-45(50-40)33-22-11-4-12-23-33/h1-29H. The maximum atomic E-state index is 5.25. The van der Waals surface area contributed by atoms with Crippen LogP contribution in [0.1, 0.15) is 0 Å². The number of fused-ring (bicyclic) bond motifs is 2. The first-order valence-electron chi connectivity index (χ1n) is 16.6. The molecule has 0 aliphatic heterocycles. The molecule has 0 amide bonds. The lowest BCUT2D eigenvalue weighted by molar-refractivity contribution is 1.18. The summed E-state index contributed by atoms with van der Waals surface area (Å²) in [6.07, 6.45) is 1.85. The number of hydrogen-bond acceptors (Lipinski definition) is 5. The van der Waals surface area contributed by atoms with E-state index in [4.69, 9.17) is 24.9 Å². The topological polar surface area (TPSA) is 64.5 Å². The van der Waals surface area contributed by atoms with Gasteiger partial charge < -0.3 is 0 Å². The van der Waals surface area contributed by atoms with Crippen molar-refractivity contribution < 1.29 is 0 Å². The van der Waals surface area contributed by atoms with E-state index in [2.05, 4.69) is 91.0 Å². The highest BCUT2D eigenvalue weighted by Crippen LogP contribution is 2.43. The van der Waals surface area contributed by atoms with Gasteiger partial charge in [0.1, 0.15) is 0 Å². The molecule has 0 aliphatic carbocycles. The molecule has 0 N–H and O–H groups in total. The van der Waals surface area contributed by atoms with Crippen LogP contribution >= 0.6 is 0 Å². The minimum Gasteiger partial charge on any atom is -0.256 e. The molecule has 5 nitrogen and oxygen atoms in total. The smallest absolute Gasteiger partial charge is 0.160 e. The largest absolute Gasteiger partial charge is 0.256 e. The lowest BCUT2D eigenvalue weighted by Gasteiger charge is -2.18. The van der Waals surface area contributed by atoms with Crippen molar-refractivity contribution in [1.29, 1.82) is 0 Å². The predicted octanol–water partition coefficient (Wildman–Crippen LogP) is 11.0. The van der Waals surface area contributed by atoms with Crippen molar-refractivity contribution in [3.05, 3.63) is 176 Å². The first-order chi connectivity index (χ1) is 24.8. The lowest BCUT2D eigenvalue weighted by Crippen LogP contribution is -2.00. The number of benzene rings is 6. The van der Waals surface area contributed by atoms with Crippen LogP contribution in [0.25, 0.3) is 89.5 Å². The van der Waals surface area contributed by atoms with Crippen LogP contribution in [-0.2, 0) is 0 Å². The molecule has 0 saturated heterocycles. The average Bonchev–Trinajstić information content (AvgIpc) is 3.21. The first kappa shape index (κ1) is 29.3. The van der Waals surface area contributed by atoms with E-state index in [1.165, 1.54) is 0 Å². The van der Waals surface area contributed by atoms with Gasteiger partial charge in [-0.3, -0.25) is 4.98 Å². The quantitative estimate of drug-likeness (QED) is 0.169. The Bertz CT molecular complexity index is 2270. The second kappa shape index (κ2) is 12.6. The van der Waals surface area contributed by atoms with Crippen molar-refractivity contribution in [1.82, 2.24) is 24.9 Å². The van der Waals surface area contributed by atoms with E-state index in [0.717, 1.165) is 77.8 Å².